The van der Waals surface area contributed by atoms with Crippen LogP contribution >= 0.6 is 12.4 Å². The molecule has 0 bridgehead atoms. The van der Waals surface area contributed by atoms with Crippen molar-refractivity contribution in [1.82, 2.24) is 0 Å². The van der Waals surface area contributed by atoms with Gasteiger partial charge in [0.25, 0.3) is 0 Å². The number of nitrogens with two attached hydrogens (primary N) is 1. The normalized spacial score (nSPS) is 16.5. The molecule has 2 aromatic carbocycles. The topological polar surface area (TPSA) is 92.5 Å². The number of hydrogen-bond donors (Lipinski definition) is 2. The molecule has 3 rings (SSSR count). The average molecular weight is 410 g/mol. The molecule has 1 unspecified atom stereocenters. The van der Waals surface area contributed by atoms with Gasteiger partial charge in [-0.05, 0) is 43.5 Å². The molecule has 0 aromatic heterocycles. The van der Waals surface area contributed by atoms with Crippen molar-refractivity contribution in [2.45, 2.75) is 26.3 Å². The smallest absolute Gasteiger partial charge is 0.245 e. The van der Waals surface area contributed by atoms with Crippen LogP contribution in [0.15, 0.2) is 42.5 Å². The summed E-state index contributed by atoms with van der Waals surface area (Å²) in [6.45, 7) is 4.28. The van der Waals surface area contributed by atoms with Gasteiger partial charge in [0, 0.05) is 12.2 Å². The van der Waals surface area contributed by atoms with Crippen LogP contribution in [0.1, 0.15) is 29.2 Å². The van der Waals surface area contributed by atoms with Crippen molar-refractivity contribution in [3.05, 3.63) is 59.2 Å². The number of sulfonamides is 1. The van der Waals surface area contributed by atoms with Gasteiger partial charge in [0.15, 0.2) is 0 Å². The molecule has 3 N–H and O–H groups in total. The Morgan fingerprint density at radius 3 is 2.41 bits per heavy atom. The summed E-state index contributed by atoms with van der Waals surface area (Å²) in [6.07, 6.45) is 0.608. The first-order chi connectivity index (χ1) is 12.3. The maximum atomic E-state index is 12.5. The molecular formula is C19H24ClN3O3S. The number of benzene rings is 2. The van der Waals surface area contributed by atoms with Crippen LogP contribution in [0.5, 0.6) is 0 Å². The van der Waals surface area contributed by atoms with Crippen LogP contribution in [-0.4, -0.2) is 26.6 Å². The van der Waals surface area contributed by atoms with Gasteiger partial charge in [0.1, 0.15) is 6.04 Å². The molecule has 0 aliphatic carbocycles. The highest BCUT2D eigenvalue weighted by molar-refractivity contribution is 7.93. The van der Waals surface area contributed by atoms with Crippen molar-refractivity contribution >= 4 is 39.7 Å². The number of carbonyl (C=O) groups is 1. The lowest BCUT2D eigenvalue weighted by Gasteiger charge is -2.21. The third-order valence-electron chi connectivity index (χ3n) is 4.56. The van der Waals surface area contributed by atoms with E-state index in [1.54, 1.807) is 18.2 Å². The lowest BCUT2D eigenvalue weighted by atomic mass is 10.1. The Morgan fingerprint density at radius 2 is 1.81 bits per heavy atom. The molecule has 2 aromatic rings. The summed E-state index contributed by atoms with van der Waals surface area (Å²) >= 11 is 0. The Bertz CT molecular complexity index is 930. The van der Waals surface area contributed by atoms with E-state index in [0.717, 1.165) is 16.7 Å². The van der Waals surface area contributed by atoms with Gasteiger partial charge in [0.2, 0.25) is 15.9 Å². The molecule has 1 amide bonds. The van der Waals surface area contributed by atoms with Gasteiger partial charge in [-0.25, -0.2) is 8.42 Å². The van der Waals surface area contributed by atoms with Crippen LogP contribution < -0.4 is 15.4 Å². The van der Waals surface area contributed by atoms with Gasteiger partial charge in [0.05, 0.1) is 11.4 Å². The molecule has 1 saturated heterocycles. The molecule has 27 heavy (non-hydrogen) atoms. The van der Waals surface area contributed by atoms with Crippen molar-refractivity contribution in [3.63, 3.8) is 0 Å². The number of rotatable bonds is 4. The fourth-order valence-corrected chi connectivity index (χ4v) is 4.63. The summed E-state index contributed by atoms with van der Waals surface area (Å²) < 4.78 is 25.8. The SMILES string of the molecule is Cc1ccc(C(N)C(=O)Nc2ccc(C)c(N3CCCS3(=O)=O)c2)cc1.Cl. The molecule has 1 atom stereocenters. The predicted octanol–water partition coefficient (Wildman–Crippen LogP) is 2.90. The van der Waals surface area contributed by atoms with E-state index in [9.17, 15) is 13.2 Å². The van der Waals surface area contributed by atoms with Gasteiger partial charge >= 0.3 is 0 Å². The number of halogens is 1. The van der Waals surface area contributed by atoms with Gasteiger partial charge in [-0.1, -0.05) is 35.9 Å². The first kappa shape index (κ1) is 21.2. The lowest BCUT2D eigenvalue weighted by molar-refractivity contribution is -0.117. The lowest BCUT2D eigenvalue weighted by Crippen LogP contribution is -2.28. The standard InChI is InChI=1S/C19H23N3O3S.ClH/c1-13-4-7-15(8-5-13)18(20)19(23)21-16-9-6-14(2)17(12-16)22-10-3-11-26(22,24)25;/h4-9,12,18H,3,10-11,20H2,1-2H3,(H,21,23);1H. The highest BCUT2D eigenvalue weighted by Crippen LogP contribution is 2.30. The Kier molecular flexibility index (Phi) is 6.51. The van der Waals surface area contributed by atoms with Crippen molar-refractivity contribution in [2.24, 2.45) is 5.73 Å². The van der Waals surface area contributed by atoms with Gasteiger partial charge in [-0.15, -0.1) is 12.4 Å². The van der Waals surface area contributed by atoms with Crippen LogP contribution in [0.4, 0.5) is 11.4 Å². The molecule has 146 valence electrons. The summed E-state index contributed by atoms with van der Waals surface area (Å²) in [5, 5.41) is 2.79. The maximum Gasteiger partial charge on any atom is 0.245 e. The molecule has 0 radical (unpaired) electrons. The van der Waals surface area contributed by atoms with Crippen molar-refractivity contribution in [1.29, 1.82) is 0 Å². The van der Waals surface area contributed by atoms with Crippen LogP contribution in [-0.2, 0) is 14.8 Å². The monoisotopic (exact) mass is 409 g/mol. The summed E-state index contributed by atoms with van der Waals surface area (Å²) in [5.74, 6) is -0.186. The Labute approximate surface area is 166 Å². The second kappa shape index (κ2) is 8.29. The van der Waals surface area contributed by atoms with E-state index < -0.39 is 16.1 Å². The first-order valence-corrected chi connectivity index (χ1v) is 10.1. The number of aryl methyl sites for hydroxylation is 2. The summed E-state index contributed by atoms with van der Waals surface area (Å²) in [6, 6.07) is 11.9. The Balaban J connectivity index is 0.00000261. The van der Waals surface area contributed by atoms with Gasteiger partial charge in [-0.2, -0.15) is 0 Å². The molecule has 1 aliphatic rings. The summed E-state index contributed by atoms with van der Waals surface area (Å²) in [7, 11) is -3.28. The van der Waals surface area contributed by atoms with E-state index in [1.807, 2.05) is 38.1 Å². The van der Waals surface area contributed by atoms with Crippen LogP contribution in [0.2, 0.25) is 0 Å². The number of nitrogens with zero attached hydrogens (tertiary/aromatic N) is 1. The van der Waals surface area contributed by atoms with E-state index in [0.29, 0.717) is 24.3 Å². The van der Waals surface area contributed by atoms with Crippen LogP contribution in [0.25, 0.3) is 0 Å². The summed E-state index contributed by atoms with van der Waals surface area (Å²) in [4.78, 5) is 12.5. The average Bonchev–Trinajstić information content (AvgIpc) is 2.95. The molecule has 1 heterocycles. The number of amides is 1. The van der Waals surface area contributed by atoms with E-state index in [1.165, 1.54) is 4.31 Å². The predicted molar refractivity (Wildman–Crippen MR) is 111 cm³/mol. The molecule has 1 aliphatic heterocycles. The van der Waals surface area contributed by atoms with E-state index in [4.69, 9.17) is 5.73 Å². The largest absolute Gasteiger partial charge is 0.324 e. The molecule has 0 spiro atoms. The number of anilines is 2. The van der Waals surface area contributed by atoms with Crippen LogP contribution in [0.3, 0.4) is 0 Å². The van der Waals surface area contributed by atoms with Gasteiger partial charge in [-0.3, -0.25) is 9.10 Å². The second-order valence-corrected chi connectivity index (χ2v) is 8.63. The quantitative estimate of drug-likeness (QED) is 0.811. The third-order valence-corrected chi connectivity index (χ3v) is 6.42. The van der Waals surface area contributed by atoms with Crippen molar-refractivity contribution in [2.75, 3.05) is 21.9 Å². The minimum absolute atomic E-state index is 0. The number of carbonyl (C=O) groups excluding carboxylic acids is 1. The molecule has 6 nitrogen and oxygen atoms in total. The van der Waals surface area contributed by atoms with Crippen molar-refractivity contribution in [3.8, 4) is 0 Å². The van der Waals surface area contributed by atoms with E-state index >= 15 is 0 Å². The first-order valence-electron chi connectivity index (χ1n) is 8.52. The zero-order valence-electron chi connectivity index (χ0n) is 15.3. The second-order valence-electron chi connectivity index (χ2n) is 6.62. The zero-order valence-corrected chi connectivity index (χ0v) is 16.9. The van der Waals surface area contributed by atoms with E-state index in [2.05, 4.69) is 5.32 Å². The Hall–Kier alpha value is -2.09. The van der Waals surface area contributed by atoms with Gasteiger partial charge < -0.3 is 11.1 Å². The molecule has 1 fully saturated rings. The number of nitrogens with one attached hydrogen (secondary N) is 1. The van der Waals surface area contributed by atoms with Crippen molar-refractivity contribution < 1.29 is 13.2 Å². The maximum absolute atomic E-state index is 12.5. The highest BCUT2D eigenvalue weighted by Gasteiger charge is 2.29. The highest BCUT2D eigenvalue weighted by atomic mass is 35.5. The molecule has 0 saturated carbocycles. The fraction of sp³-hybridized carbons (Fsp3) is 0.316. The third kappa shape index (κ3) is 4.61. The number of hydrogen-bond acceptors (Lipinski definition) is 4. The van der Waals surface area contributed by atoms with E-state index in [-0.39, 0.29) is 24.1 Å². The minimum atomic E-state index is -3.28. The summed E-state index contributed by atoms with van der Waals surface area (Å²) in [5.41, 5.74) is 9.84. The van der Waals surface area contributed by atoms with Crippen LogP contribution in [0, 0.1) is 13.8 Å². The molecular weight excluding hydrogens is 386 g/mol. The molecule has 8 heteroatoms. The fourth-order valence-electron chi connectivity index (χ4n) is 3.01. The zero-order chi connectivity index (χ0) is 18.9. The minimum Gasteiger partial charge on any atom is -0.324 e. The Morgan fingerprint density at radius 1 is 1.15 bits per heavy atom.